The van der Waals surface area contributed by atoms with Crippen LogP contribution in [0.25, 0.3) is 5.65 Å². The topological polar surface area (TPSA) is 86.3 Å². The molecule has 0 fully saturated rings. The standard InChI is InChI=1S/C17H21FN6O2/c1-11-5-7-24-13(9-11)21-14(15(24)18)17(25)20-12(2)16-22-19-10-23(16)6-4-8-26-3/h5,7,9-10,12H,4,6,8H2,1-3H3,(H,20,25). The van der Waals surface area contributed by atoms with Crippen molar-refractivity contribution in [2.75, 3.05) is 13.7 Å². The monoisotopic (exact) mass is 360 g/mol. The molecule has 1 atom stereocenters. The van der Waals surface area contributed by atoms with Crippen LogP contribution in [-0.4, -0.2) is 43.8 Å². The summed E-state index contributed by atoms with van der Waals surface area (Å²) in [5.74, 6) is -0.691. The molecule has 3 heterocycles. The molecule has 1 N–H and O–H groups in total. The number of imidazole rings is 1. The molecule has 9 heteroatoms. The predicted octanol–water partition coefficient (Wildman–Crippen LogP) is 1.90. The highest BCUT2D eigenvalue weighted by Crippen LogP contribution is 2.15. The zero-order valence-corrected chi connectivity index (χ0v) is 14.9. The Morgan fingerprint density at radius 1 is 1.46 bits per heavy atom. The minimum atomic E-state index is -0.689. The summed E-state index contributed by atoms with van der Waals surface area (Å²) in [7, 11) is 1.64. The summed E-state index contributed by atoms with van der Waals surface area (Å²) in [6.45, 7) is 4.93. The highest BCUT2D eigenvalue weighted by Gasteiger charge is 2.23. The van der Waals surface area contributed by atoms with Crippen LogP contribution in [0, 0.1) is 12.9 Å². The number of hydrogen-bond acceptors (Lipinski definition) is 5. The number of rotatable bonds is 7. The summed E-state index contributed by atoms with van der Waals surface area (Å²) in [5.41, 5.74) is 1.09. The van der Waals surface area contributed by atoms with E-state index in [1.165, 1.54) is 4.40 Å². The second-order valence-corrected chi connectivity index (χ2v) is 6.11. The van der Waals surface area contributed by atoms with Gasteiger partial charge in [-0.3, -0.25) is 9.20 Å². The number of methoxy groups -OCH3 is 1. The fraction of sp³-hybridized carbons (Fsp3) is 0.412. The van der Waals surface area contributed by atoms with E-state index in [4.69, 9.17) is 4.74 Å². The van der Waals surface area contributed by atoms with Gasteiger partial charge >= 0.3 is 0 Å². The van der Waals surface area contributed by atoms with Gasteiger partial charge in [0.05, 0.1) is 6.04 Å². The lowest BCUT2D eigenvalue weighted by Gasteiger charge is -2.14. The van der Waals surface area contributed by atoms with Crippen molar-refractivity contribution in [1.82, 2.24) is 29.5 Å². The van der Waals surface area contributed by atoms with E-state index in [9.17, 15) is 9.18 Å². The minimum absolute atomic E-state index is 0.243. The maximum Gasteiger partial charge on any atom is 0.275 e. The summed E-state index contributed by atoms with van der Waals surface area (Å²) in [6, 6.07) is 3.03. The van der Waals surface area contributed by atoms with Gasteiger partial charge in [-0.15, -0.1) is 10.2 Å². The highest BCUT2D eigenvalue weighted by atomic mass is 19.1. The van der Waals surface area contributed by atoms with Crippen molar-refractivity contribution in [2.24, 2.45) is 0 Å². The zero-order valence-electron chi connectivity index (χ0n) is 14.9. The van der Waals surface area contributed by atoms with E-state index in [-0.39, 0.29) is 5.69 Å². The van der Waals surface area contributed by atoms with Gasteiger partial charge in [-0.2, -0.15) is 4.39 Å². The van der Waals surface area contributed by atoms with E-state index in [0.717, 1.165) is 12.0 Å². The molecule has 3 aromatic heterocycles. The molecule has 0 saturated heterocycles. The normalized spacial score (nSPS) is 12.5. The number of nitrogens with one attached hydrogen (secondary N) is 1. The van der Waals surface area contributed by atoms with E-state index in [2.05, 4.69) is 20.5 Å². The first-order chi connectivity index (χ1) is 12.5. The van der Waals surface area contributed by atoms with Crippen LogP contribution in [0.2, 0.25) is 0 Å². The van der Waals surface area contributed by atoms with Crippen molar-refractivity contribution in [3.63, 3.8) is 0 Å². The SMILES string of the molecule is COCCCn1cnnc1C(C)NC(=O)c1nc2cc(C)ccn2c1F. The number of aryl methyl sites for hydroxylation is 2. The van der Waals surface area contributed by atoms with Gasteiger partial charge in [0.15, 0.2) is 11.5 Å². The fourth-order valence-electron chi connectivity index (χ4n) is 2.74. The van der Waals surface area contributed by atoms with Crippen LogP contribution in [0.3, 0.4) is 0 Å². The number of halogens is 1. The molecule has 3 aromatic rings. The lowest BCUT2D eigenvalue weighted by molar-refractivity contribution is 0.0928. The molecule has 3 rings (SSSR count). The second kappa shape index (κ2) is 7.61. The first-order valence-corrected chi connectivity index (χ1v) is 8.33. The van der Waals surface area contributed by atoms with Gasteiger partial charge in [0.1, 0.15) is 12.0 Å². The molecule has 138 valence electrons. The Morgan fingerprint density at radius 2 is 2.27 bits per heavy atom. The Bertz CT molecular complexity index is 919. The number of hydrogen-bond donors (Lipinski definition) is 1. The lowest BCUT2D eigenvalue weighted by Crippen LogP contribution is -2.29. The third-order valence-electron chi connectivity index (χ3n) is 4.07. The molecule has 1 amide bonds. The second-order valence-electron chi connectivity index (χ2n) is 6.11. The molecule has 0 bridgehead atoms. The van der Waals surface area contributed by atoms with Crippen molar-refractivity contribution in [1.29, 1.82) is 0 Å². The van der Waals surface area contributed by atoms with Crippen LogP contribution in [0.4, 0.5) is 4.39 Å². The van der Waals surface area contributed by atoms with Crippen molar-refractivity contribution in [2.45, 2.75) is 32.9 Å². The molecule has 0 aliphatic carbocycles. The Morgan fingerprint density at radius 3 is 3.04 bits per heavy atom. The quantitative estimate of drug-likeness (QED) is 0.651. The van der Waals surface area contributed by atoms with Gasteiger partial charge in [-0.1, -0.05) is 0 Å². The van der Waals surface area contributed by atoms with Crippen LogP contribution in [-0.2, 0) is 11.3 Å². The van der Waals surface area contributed by atoms with Crippen LogP contribution in [0.15, 0.2) is 24.7 Å². The number of carbonyl (C=O) groups is 1. The number of ether oxygens (including phenoxy) is 1. The molecular weight excluding hydrogens is 339 g/mol. The Hall–Kier alpha value is -2.81. The fourth-order valence-corrected chi connectivity index (χ4v) is 2.74. The molecule has 0 aromatic carbocycles. The molecular formula is C17H21FN6O2. The van der Waals surface area contributed by atoms with Crippen molar-refractivity contribution in [3.05, 3.63) is 47.7 Å². The number of carbonyl (C=O) groups excluding carboxylic acids is 1. The van der Waals surface area contributed by atoms with Crippen LogP contribution < -0.4 is 5.32 Å². The molecule has 0 radical (unpaired) electrons. The minimum Gasteiger partial charge on any atom is -0.385 e. The third kappa shape index (κ3) is 3.57. The smallest absolute Gasteiger partial charge is 0.275 e. The highest BCUT2D eigenvalue weighted by molar-refractivity contribution is 5.93. The van der Waals surface area contributed by atoms with Crippen molar-refractivity contribution in [3.8, 4) is 0 Å². The van der Waals surface area contributed by atoms with Gasteiger partial charge in [-0.25, -0.2) is 4.98 Å². The van der Waals surface area contributed by atoms with E-state index < -0.39 is 17.9 Å². The summed E-state index contributed by atoms with van der Waals surface area (Å²) in [4.78, 5) is 16.6. The van der Waals surface area contributed by atoms with Gasteiger partial charge in [0, 0.05) is 26.5 Å². The van der Waals surface area contributed by atoms with Crippen molar-refractivity contribution < 1.29 is 13.9 Å². The van der Waals surface area contributed by atoms with Crippen LogP contribution in [0.5, 0.6) is 0 Å². The van der Waals surface area contributed by atoms with Gasteiger partial charge in [-0.05, 0) is 38.0 Å². The Kier molecular flexibility index (Phi) is 5.27. The van der Waals surface area contributed by atoms with Crippen LogP contribution in [0.1, 0.15) is 41.3 Å². The molecule has 1 unspecified atom stereocenters. The third-order valence-corrected chi connectivity index (χ3v) is 4.07. The van der Waals surface area contributed by atoms with E-state index >= 15 is 0 Å². The average molecular weight is 360 g/mol. The molecule has 0 aliphatic heterocycles. The maximum atomic E-state index is 14.5. The van der Waals surface area contributed by atoms with Gasteiger partial charge < -0.3 is 14.6 Å². The van der Waals surface area contributed by atoms with Gasteiger partial charge in [0.2, 0.25) is 5.95 Å². The largest absolute Gasteiger partial charge is 0.385 e. The summed E-state index contributed by atoms with van der Waals surface area (Å²) in [5, 5.41) is 10.7. The first kappa shape index (κ1) is 18.0. The lowest BCUT2D eigenvalue weighted by atomic mass is 10.3. The Balaban J connectivity index is 1.76. The van der Waals surface area contributed by atoms with Gasteiger partial charge in [0.25, 0.3) is 5.91 Å². The number of pyridine rings is 1. The van der Waals surface area contributed by atoms with Crippen molar-refractivity contribution >= 4 is 11.6 Å². The molecule has 0 aliphatic rings. The first-order valence-electron chi connectivity index (χ1n) is 8.33. The summed E-state index contributed by atoms with van der Waals surface area (Å²) < 4.78 is 22.6. The number of nitrogens with zero attached hydrogens (tertiary/aromatic N) is 5. The molecule has 8 nitrogen and oxygen atoms in total. The number of fused-ring (bicyclic) bond motifs is 1. The zero-order chi connectivity index (χ0) is 18.7. The summed E-state index contributed by atoms with van der Waals surface area (Å²) in [6.07, 6.45) is 3.95. The van der Waals surface area contributed by atoms with Crippen LogP contribution >= 0.6 is 0 Å². The number of aromatic nitrogens is 5. The number of amides is 1. The predicted molar refractivity (Wildman–Crippen MR) is 92.3 cm³/mol. The molecule has 26 heavy (non-hydrogen) atoms. The van der Waals surface area contributed by atoms with E-state index in [1.54, 1.807) is 38.7 Å². The Labute approximate surface area is 150 Å². The molecule has 0 spiro atoms. The van der Waals surface area contributed by atoms with E-state index in [1.807, 2.05) is 11.5 Å². The average Bonchev–Trinajstić information content (AvgIpc) is 3.20. The van der Waals surface area contributed by atoms with E-state index in [0.29, 0.717) is 24.6 Å². The molecule has 0 saturated carbocycles. The maximum absolute atomic E-state index is 14.5. The summed E-state index contributed by atoms with van der Waals surface area (Å²) >= 11 is 0.